The number of aryl methyl sites for hydroxylation is 1. The van der Waals surface area contributed by atoms with Crippen molar-refractivity contribution >= 4 is 0 Å². The molecule has 1 aromatic heterocycles. The fraction of sp³-hybridized carbons (Fsp3) is 0.111. The van der Waals surface area contributed by atoms with Gasteiger partial charge in [-0.25, -0.2) is 0 Å². The molecule has 1 heterocycles. The molecule has 0 aliphatic rings. The van der Waals surface area contributed by atoms with Crippen molar-refractivity contribution in [2.24, 2.45) is 0 Å². The number of hydrogen-bond acceptors (Lipinski definition) is 1. The monoisotopic (exact) mass is 132 g/mol. The molecule has 0 fully saturated rings. The van der Waals surface area contributed by atoms with E-state index in [0.717, 1.165) is 5.76 Å². The predicted molar refractivity (Wildman–Crippen MR) is 40.5 cm³/mol. The van der Waals surface area contributed by atoms with Gasteiger partial charge < -0.3 is 4.42 Å². The van der Waals surface area contributed by atoms with Crippen LogP contribution in [-0.2, 0) is 0 Å². The lowest BCUT2D eigenvalue weighted by Crippen LogP contribution is -1.61. The zero-order chi connectivity index (χ0) is 7.40. The summed E-state index contributed by atoms with van der Waals surface area (Å²) in [6.45, 7) is 5.36. The molecule has 0 aliphatic carbocycles. The van der Waals surface area contributed by atoms with Gasteiger partial charge in [-0.05, 0) is 31.1 Å². The quantitative estimate of drug-likeness (QED) is 0.493. The van der Waals surface area contributed by atoms with Gasteiger partial charge in [0.1, 0.15) is 5.76 Å². The molecule has 0 atom stereocenters. The molecule has 0 spiro atoms. The highest BCUT2D eigenvalue weighted by Gasteiger charge is 1.90. The topological polar surface area (TPSA) is 13.1 Å². The van der Waals surface area contributed by atoms with Crippen LogP contribution in [0, 0.1) is 18.8 Å². The molecule has 1 heteroatoms. The highest BCUT2D eigenvalue weighted by atomic mass is 16.3. The van der Waals surface area contributed by atoms with Crippen LogP contribution >= 0.6 is 0 Å². The third-order valence-corrected chi connectivity index (χ3v) is 1.04. The van der Waals surface area contributed by atoms with Gasteiger partial charge in [-0.15, -0.1) is 0 Å². The van der Waals surface area contributed by atoms with Gasteiger partial charge in [0, 0.05) is 0 Å². The first kappa shape index (κ1) is 6.70. The second-order valence-electron chi connectivity index (χ2n) is 1.88. The Labute approximate surface area is 60.4 Å². The van der Waals surface area contributed by atoms with Crippen molar-refractivity contribution in [3.05, 3.63) is 36.3 Å². The van der Waals surface area contributed by atoms with Crippen LogP contribution in [0.1, 0.15) is 11.5 Å². The summed E-state index contributed by atoms with van der Waals surface area (Å²) in [7, 11) is 0. The zero-order valence-corrected chi connectivity index (χ0v) is 5.85. The molecule has 1 rings (SSSR count). The molecule has 0 radical (unpaired) electrons. The smallest absolute Gasteiger partial charge is 0.177 e. The summed E-state index contributed by atoms with van der Waals surface area (Å²) in [5.41, 5.74) is 0. The van der Waals surface area contributed by atoms with Crippen LogP contribution < -0.4 is 0 Å². The minimum Gasteiger partial charge on any atom is -0.453 e. The predicted octanol–water partition coefficient (Wildman–Crippen LogP) is 2.13. The SMILES string of the molecule is C=CC#Cc1ccc(C)o1. The lowest BCUT2D eigenvalue weighted by Gasteiger charge is -1.77. The third kappa shape index (κ3) is 1.53. The Kier molecular flexibility index (Phi) is 1.96. The van der Waals surface area contributed by atoms with E-state index in [9.17, 15) is 0 Å². The van der Waals surface area contributed by atoms with Gasteiger partial charge >= 0.3 is 0 Å². The Morgan fingerprint density at radius 3 is 2.90 bits per heavy atom. The summed E-state index contributed by atoms with van der Waals surface area (Å²) >= 11 is 0. The zero-order valence-electron chi connectivity index (χ0n) is 5.85. The normalized spacial score (nSPS) is 8.10. The minimum absolute atomic E-state index is 0.692. The van der Waals surface area contributed by atoms with Crippen LogP contribution in [0.15, 0.2) is 29.2 Å². The van der Waals surface area contributed by atoms with Crippen molar-refractivity contribution in [1.82, 2.24) is 0 Å². The largest absolute Gasteiger partial charge is 0.453 e. The minimum atomic E-state index is 0.692. The maximum atomic E-state index is 5.16. The highest BCUT2D eigenvalue weighted by Crippen LogP contribution is 2.03. The molecule has 50 valence electrons. The van der Waals surface area contributed by atoms with Crippen LogP contribution in [0.25, 0.3) is 0 Å². The van der Waals surface area contributed by atoms with E-state index in [1.807, 2.05) is 19.1 Å². The molecule has 0 saturated heterocycles. The molecular weight excluding hydrogens is 124 g/mol. The Balaban J connectivity index is 2.85. The van der Waals surface area contributed by atoms with Crippen LogP contribution in [0.4, 0.5) is 0 Å². The van der Waals surface area contributed by atoms with Crippen LogP contribution in [0.2, 0.25) is 0 Å². The average molecular weight is 132 g/mol. The van der Waals surface area contributed by atoms with Crippen molar-refractivity contribution in [1.29, 1.82) is 0 Å². The van der Waals surface area contributed by atoms with Crippen molar-refractivity contribution in [3.8, 4) is 11.8 Å². The Hall–Kier alpha value is -1.42. The van der Waals surface area contributed by atoms with Crippen LogP contribution in [-0.4, -0.2) is 0 Å². The molecule has 1 aromatic rings. The lowest BCUT2D eigenvalue weighted by molar-refractivity contribution is 0.522. The van der Waals surface area contributed by atoms with E-state index in [4.69, 9.17) is 4.42 Å². The highest BCUT2D eigenvalue weighted by molar-refractivity contribution is 5.29. The molecule has 0 unspecified atom stereocenters. The second-order valence-corrected chi connectivity index (χ2v) is 1.88. The van der Waals surface area contributed by atoms with E-state index >= 15 is 0 Å². The van der Waals surface area contributed by atoms with Crippen molar-refractivity contribution in [2.75, 3.05) is 0 Å². The standard InChI is InChI=1S/C9H8O/c1-3-4-5-9-7-6-8(2)10-9/h3,6-7H,1H2,2H3. The molecule has 0 saturated carbocycles. The molecule has 0 N–H and O–H groups in total. The molecular formula is C9H8O. The van der Waals surface area contributed by atoms with Gasteiger partial charge in [-0.3, -0.25) is 0 Å². The van der Waals surface area contributed by atoms with Gasteiger partial charge in [0.15, 0.2) is 5.76 Å². The molecule has 0 aromatic carbocycles. The Bertz CT molecular complexity index is 283. The van der Waals surface area contributed by atoms with Crippen molar-refractivity contribution < 1.29 is 4.42 Å². The summed E-state index contributed by atoms with van der Waals surface area (Å²) in [5.74, 6) is 7.05. The van der Waals surface area contributed by atoms with Crippen molar-refractivity contribution in [3.63, 3.8) is 0 Å². The number of furan rings is 1. The van der Waals surface area contributed by atoms with Gasteiger partial charge in [0.25, 0.3) is 0 Å². The lowest BCUT2D eigenvalue weighted by atomic mass is 10.4. The van der Waals surface area contributed by atoms with Gasteiger partial charge in [-0.1, -0.05) is 12.5 Å². The number of allylic oxidation sites excluding steroid dienone is 1. The fourth-order valence-electron chi connectivity index (χ4n) is 0.624. The summed E-state index contributed by atoms with van der Waals surface area (Å²) in [6, 6.07) is 3.72. The van der Waals surface area contributed by atoms with E-state index in [-0.39, 0.29) is 0 Å². The molecule has 1 nitrogen and oxygen atoms in total. The van der Waals surface area contributed by atoms with E-state index in [0.29, 0.717) is 5.76 Å². The Morgan fingerprint density at radius 1 is 1.60 bits per heavy atom. The van der Waals surface area contributed by atoms with E-state index in [2.05, 4.69) is 18.4 Å². The maximum Gasteiger partial charge on any atom is 0.177 e. The first-order valence-corrected chi connectivity index (χ1v) is 3.02. The summed E-state index contributed by atoms with van der Waals surface area (Å²) in [4.78, 5) is 0. The third-order valence-electron chi connectivity index (χ3n) is 1.04. The Morgan fingerprint density at radius 2 is 2.40 bits per heavy atom. The van der Waals surface area contributed by atoms with E-state index < -0.39 is 0 Å². The van der Waals surface area contributed by atoms with Crippen LogP contribution in [0.3, 0.4) is 0 Å². The van der Waals surface area contributed by atoms with E-state index in [1.165, 1.54) is 6.08 Å². The summed E-state index contributed by atoms with van der Waals surface area (Å²) < 4.78 is 5.16. The number of rotatable bonds is 0. The maximum absolute atomic E-state index is 5.16. The van der Waals surface area contributed by atoms with Crippen LogP contribution in [0.5, 0.6) is 0 Å². The van der Waals surface area contributed by atoms with Crippen molar-refractivity contribution in [2.45, 2.75) is 6.92 Å². The van der Waals surface area contributed by atoms with Gasteiger partial charge in [-0.2, -0.15) is 0 Å². The van der Waals surface area contributed by atoms with E-state index in [1.54, 1.807) is 0 Å². The fourth-order valence-corrected chi connectivity index (χ4v) is 0.624. The first-order valence-electron chi connectivity index (χ1n) is 3.02. The molecule has 0 amide bonds. The van der Waals surface area contributed by atoms with Gasteiger partial charge in [0.05, 0.1) is 0 Å². The van der Waals surface area contributed by atoms with Gasteiger partial charge in [0.2, 0.25) is 0 Å². The summed E-state index contributed by atoms with van der Waals surface area (Å²) in [6.07, 6.45) is 1.54. The second kappa shape index (κ2) is 2.93. The molecule has 10 heavy (non-hydrogen) atoms. The first-order chi connectivity index (χ1) is 4.83. The number of hydrogen-bond donors (Lipinski definition) is 0. The molecule has 0 aliphatic heterocycles. The summed E-state index contributed by atoms with van der Waals surface area (Å²) in [5, 5.41) is 0. The molecule has 0 bridgehead atoms. The average Bonchev–Trinajstić information content (AvgIpc) is 2.31.